The SMILES string of the molecule is COc1c(Nc2cc(N)nc3c2N=C(C)C3)cccc1-c1ncnn1C. The number of nitrogens with one attached hydrogen (secondary N) is 1. The number of ether oxygens (including phenoxy) is 1. The van der Waals surface area contributed by atoms with Crippen molar-refractivity contribution in [1.82, 2.24) is 19.7 Å². The number of aromatic nitrogens is 4. The molecule has 0 spiro atoms. The van der Waals surface area contributed by atoms with Crippen LogP contribution in [0.15, 0.2) is 35.6 Å². The lowest BCUT2D eigenvalue weighted by Crippen LogP contribution is -2.02. The molecule has 1 aliphatic rings. The third-order valence-corrected chi connectivity index (χ3v) is 4.25. The van der Waals surface area contributed by atoms with E-state index in [1.54, 1.807) is 17.9 Å². The molecule has 0 aliphatic carbocycles. The first-order valence-corrected chi connectivity index (χ1v) is 8.18. The van der Waals surface area contributed by atoms with E-state index >= 15 is 0 Å². The van der Waals surface area contributed by atoms with Crippen LogP contribution >= 0.6 is 0 Å². The maximum atomic E-state index is 5.97. The van der Waals surface area contributed by atoms with Crippen molar-refractivity contribution in [1.29, 1.82) is 0 Å². The zero-order chi connectivity index (χ0) is 18.3. The van der Waals surface area contributed by atoms with E-state index < -0.39 is 0 Å². The van der Waals surface area contributed by atoms with Crippen LogP contribution < -0.4 is 15.8 Å². The molecule has 26 heavy (non-hydrogen) atoms. The number of nitrogens with zero attached hydrogens (tertiary/aromatic N) is 5. The average Bonchev–Trinajstić information content (AvgIpc) is 3.19. The summed E-state index contributed by atoms with van der Waals surface area (Å²) in [7, 11) is 3.48. The summed E-state index contributed by atoms with van der Waals surface area (Å²) in [6, 6.07) is 7.61. The van der Waals surface area contributed by atoms with Gasteiger partial charge in [-0.15, -0.1) is 0 Å². The van der Waals surface area contributed by atoms with Gasteiger partial charge in [0.1, 0.15) is 17.8 Å². The number of methoxy groups -OCH3 is 1. The van der Waals surface area contributed by atoms with Gasteiger partial charge in [0, 0.05) is 25.2 Å². The first-order valence-electron chi connectivity index (χ1n) is 8.18. The highest BCUT2D eigenvalue weighted by Gasteiger charge is 2.20. The van der Waals surface area contributed by atoms with Crippen LogP contribution in [0.25, 0.3) is 11.4 Å². The van der Waals surface area contributed by atoms with Crippen molar-refractivity contribution in [3.05, 3.63) is 36.3 Å². The molecule has 2 aromatic heterocycles. The van der Waals surface area contributed by atoms with Crippen molar-refractivity contribution in [3.8, 4) is 17.1 Å². The van der Waals surface area contributed by atoms with Crippen LogP contribution in [0.4, 0.5) is 22.9 Å². The van der Waals surface area contributed by atoms with Gasteiger partial charge in [0.15, 0.2) is 11.6 Å². The van der Waals surface area contributed by atoms with Gasteiger partial charge >= 0.3 is 0 Å². The summed E-state index contributed by atoms with van der Waals surface area (Å²) >= 11 is 0. The second-order valence-electron chi connectivity index (χ2n) is 6.13. The quantitative estimate of drug-likeness (QED) is 0.751. The van der Waals surface area contributed by atoms with Crippen LogP contribution in [0.3, 0.4) is 0 Å². The number of nitrogen functional groups attached to an aromatic ring is 1. The van der Waals surface area contributed by atoms with Gasteiger partial charge in [-0.25, -0.2) is 14.6 Å². The summed E-state index contributed by atoms with van der Waals surface area (Å²) in [4.78, 5) is 13.3. The number of rotatable bonds is 4. The number of aliphatic imine (C=N–C) groups is 1. The number of hydrogen-bond acceptors (Lipinski definition) is 7. The minimum atomic E-state index is 0.458. The molecule has 132 valence electrons. The van der Waals surface area contributed by atoms with Gasteiger partial charge in [-0.05, 0) is 19.1 Å². The molecule has 0 radical (unpaired) electrons. The molecule has 0 atom stereocenters. The Kier molecular flexibility index (Phi) is 3.80. The summed E-state index contributed by atoms with van der Waals surface area (Å²) < 4.78 is 7.38. The van der Waals surface area contributed by atoms with Crippen molar-refractivity contribution in [3.63, 3.8) is 0 Å². The Balaban J connectivity index is 1.80. The highest BCUT2D eigenvalue weighted by Crippen LogP contribution is 2.41. The number of hydrogen-bond donors (Lipinski definition) is 2. The number of aryl methyl sites for hydroxylation is 1. The Morgan fingerprint density at radius 2 is 2.12 bits per heavy atom. The Labute approximate surface area is 150 Å². The van der Waals surface area contributed by atoms with Crippen LogP contribution in [-0.2, 0) is 13.5 Å². The molecule has 0 unspecified atom stereocenters. The smallest absolute Gasteiger partial charge is 0.161 e. The zero-order valence-corrected chi connectivity index (χ0v) is 14.8. The molecule has 3 N–H and O–H groups in total. The summed E-state index contributed by atoms with van der Waals surface area (Å²) in [5, 5.41) is 7.53. The third kappa shape index (κ3) is 2.65. The molecule has 0 amide bonds. The molecule has 3 heterocycles. The molecule has 0 saturated heterocycles. The van der Waals surface area contributed by atoms with Crippen LogP contribution in [0.5, 0.6) is 5.75 Å². The summed E-state index contributed by atoms with van der Waals surface area (Å²) in [6.45, 7) is 1.98. The first-order chi connectivity index (χ1) is 12.6. The Morgan fingerprint density at radius 3 is 2.85 bits per heavy atom. The van der Waals surface area contributed by atoms with Gasteiger partial charge in [0.05, 0.1) is 29.7 Å². The molecule has 4 rings (SSSR count). The van der Waals surface area contributed by atoms with E-state index in [0.29, 0.717) is 18.0 Å². The predicted octanol–water partition coefficient (Wildman–Crippen LogP) is 2.86. The minimum Gasteiger partial charge on any atom is -0.494 e. The van der Waals surface area contributed by atoms with E-state index in [1.165, 1.54) is 6.33 Å². The molecular formula is C18H19N7O. The van der Waals surface area contributed by atoms with Gasteiger partial charge in [0.2, 0.25) is 0 Å². The Hall–Kier alpha value is -3.42. The topological polar surface area (TPSA) is 103 Å². The highest BCUT2D eigenvalue weighted by molar-refractivity contribution is 5.96. The van der Waals surface area contributed by atoms with Crippen molar-refractivity contribution in [2.75, 3.05) is 18.2 Å². The lowest BCUT2D eigenvalue weighted by atomic mass is 10.1. The Bertz CT molecular complexity index is 1020. The van der Waals surface area contributed by atoms with Crippen molar-refractivity contribution < 1.29 is 4.74 Å². The molecule has 8 nitrogen and oxygen atoms in total. The van der Waals surface area contributed by atoms with Gasteiger partial charge in [-0.2, -0.15) is 5.10 Å². The standard InChI is InChI=1S/C18H19N7O/c1-10-7-13-16(22-10)14(8-15(19)24-13)23-12-6-4-5-11(17(12)26-3)18-20-9-21-25(18)2/h4-6,8-9H,7H2,1-3H3,(H3,19,23,24). The molecule has 3 aromatic rings. The van der Waals surface area contributed by atoms with Gasteiger partial charge in [-0.3, -0.25) is 4.99 Å². The molecule has 8 heteroatoms. The number of nitrogens with two attached hydrogens (primary N) is 1. The number of fused-ring (bicyclic) bond motifs is 1. The van der Waals surface area contributed by atoms with E-state index in [2.05, 4.69) is 25.4 Å². The van der Waals surface area contributed by atoms with Crippen LogP contribution in [0.2, 0.25) is 0 Å². The predicted molar refractivity (Wildman–Crippen MR) is 101 cm³/mol. The second kappa shape index (κ2) is 6.14. The average molecular weight is 349 g/mol. The first kappa shape index (κ1) is 16.1. The monoisotopic (exact) mass is 349 g/mol. The number of benzene rings is 1. The Morgan fingerprint density at radius 1 is 1.27 bits per heavy atom. The summed E-state index contributed by atoms with van der Waals surface area (Å²) in [6.07, 6.45) is 2.23. The van der Waals surface area contributed by atoms with Crippen molar-refractivity contribution in [2.24, 2.45) is 12.0 Å². The van der Waals surface area contributed by atoms with Crippen LogP contribution in [0.1, 0.15) is 12.6 Å². The zero-order valence-electron chi connectivity index (χ0n) is 14.8. The molecular weight excluding hydrogens is 330 g/mol. The maximum Gasteiger partial charge on any atom is 0.161 e. The number of anilines is 3. The van der Waals surface area contributed by atoms with Crippen LogP contribution in [-0.4, -0.2) is 32.6 Å². The number of para-hydroxylation sites is 1. The second-order valence-corrected chi connectivity index (χ2v) is 6.13. The van der Waals surface area contributed by atoms with Crippen molar-refractivity contribution in [2.45, 2.75) is 13.3 Å². The van der Waals surface area contributed by atoms with Crippen molar-refractivity contribution >= 4 is 28.6 Å². The molecule has 0 fully saturated rings. The van der Waals surface area contributed by atoms with Gasteiger partial charge < -0.3 is 15.8 Å². The molecule has 0 bridgehead atoms. The summed E-state index contributed by atoms with van der Waals surface area (Å²) in [5.41, 5.74) is 11.1. The molecule has 1 aliphatic heterocycles. The van der Waals surface area contributed by atoms with Gasteiger partial charge in [0.25, 0.3) is 0 Å². The highest BCUT2D eigenvalue weighted by atomic mass is 16.5. The largest absolute Gasteiger partial charge is 0.494 e. The fourth-order valence-corrected chi connectivity index (χ4v) is 3.15. The lowest BCUT2D eigenvalue weighted by molar-refractivity contribution is 0.418. The van der Waals surface area contributed by atoms with E-state index in [-0.39, 0.29) is 0 Å². The summed E-state index contributed by atoms with van der Waals surface area (Å²) in [5.74, 6) is 1.85. The number of pyridine rings is 1. The molecule has 0 saturated carbocycles. The fraction of sp³-hybridized carbons (Fsp3) is 0.222. The van der Waals surface area contributed by atoms with Crippen LogP contribution in [0, 0.1) is 0 Å². The van der Waals surface area contributed by atoms with E-state index in [4.69, 9.17) is 10.5 Å². The third-order valence-electron chi connectivity index (χ3n) is 4.25. The molecule has 1 aromatic carbocycles. The van der Waals surface area contributed by atoms with E-state index in [9.17, 15) is 0 Å². The minimum absolute atomic E-state index is 0.458. The fourth-order valence-electron chi connectivity index (χ4n) is 3.15. The van der Waals surface area contributed by atoms with E-state index in [0.717, 1.165) is 39.9 Å². The normalized spacial score (nSPS) is 12.7. The lowest BCUT2D eigenvalue weighted by Gasteiger charge is -2.16. The van der Waals surface area contributed by atoms with Gasteiger partial charge in [-0.1, -0.05) is 6.07 Å². The van der Waals surface area contributed by atoms with E-state index in [1.807, 2.05) is 32.2 Å². The maximum absolute atomic E-state index is 5.97.